The van der Waals surface area contributed by atoms with Crippen LogP contribution in [0.4, 0.5) is 0 Å². The molecule has 0 amide bonds. The van der Waals surface area contributed by atoms with E-state index in [0.717, 1.165) is 19.4 Å². The molecule has 3 aromatic rings. The van der Waals surface area contributed by atoms with Crippen LogP contribution in [0.1, 0.15) is 44.9 Å². The van der Waals surface area contributed by atoms with Crippen molar-refractivity contribution in [3.05, 3.63) is 80.5 Å². The molecule has 0 saturated carbocycles. The third kappa shape index (κ3) is 5.94. The predicted octanol–water partition coefficient (Wildman–Crippen LogP) is 4.97. The third-order valence-electron chi connectivity index (χ3n) is 5.91. The number of methoxy groups -OCH3 is 2. The van der Waals surface area contributed by atoms with E-state index in [9.17, 15) is 9.59 Å². The summed E-state index contributed by atoms with van der Waals surface area (Å²) in [7, 11) is 3.17. The van der Waals surface area contributed by atoms with E-state index in [0.29, 0.717) is 37.7 Å². The fourth-order valence-corrected chi connectivity index (χ4v) is 7.25. The highest BCUT2D eigenvalue weighted by Crippen LogP contribution is 2.37. The number of rotatable bonds is 8. The van der Waals surface area contributed by atoms with Crippen molar-refractivity contribution in [3.8, 4) is 17.2 Å². The summed E-state index contributed by atoms with van der Waals surface area (Å²) in [4.78, 5) is 32.2. The van der Waals surface area contributed by atoms with E-state index < -0.39 is 12.0 Å². The molecule has 2 heterocycles. The minimum absolute atomic E-state index is 0.0549. The first-order valence-corrected chi connectivity index (χ1v) is 14.9. The smallest absolute Gasteiger partial charge is 0.338 e. The standard InChI is InChI=1S/C28H28BrIN2O6S/c1-7-37-27(34)23-15(4)31-28-32(24(23)17-8-9-20(38-14(2)3)21(13-17)35-5)26(33)22(39-28)12-16-10-18(29)25(36-6)19(30)11-16/h8-14,24H,7H2,1-6H3/b22-12-/t24-/m1/s1. The van der Waals surface area contributed by atoms with Gasteiger partial charge >= 0.3 is 5.97 Å². The third-order valence-corrected chi connectivity index (χ3v) is 8.28. The number of nitrogens with zero attached hydrogens (tertiary/aromatic N) is 2. The molecule has 1 aliphatic heterocycles. The van der Waals surface area contributed by atoms with E-state index >= 15 is 0 Å². The molecule has 0 unspecified atom stereocenters. The monoisotopic (exact) mass is 726 g/mol. The molecule has 0 N–H and O–H groups in total. The molecular weight excluding hydrogens is 699 g/mol. The fraction of sp³-hybridized carbons (Fsp3) is 0.321. The molecular formula is C28H28BrIN2O6S. The van der Waals surface area contributed by atoms with Crippen LogP contribution in [0.25, 0.3) is 6.08 Å². The number of allylic oxidation sites excluding steroid dienone is 1. The Hall–Kier alpha value is -2.64. The second kappa shape index (κ2) is 12.3. The van der Waals surface area contributed by atoms with Crippen LogP contribution >= 0.6 is 49.9 Å². The summed E-state index contributed by atoms with van der Waals surface area (Å²) >= 11 is 7.00. The number of hydrogen-bond acceptors (Lipinski definition) is 8. The van der Waals surface area contributed by atoms with Gasteiger partial charge in [-0.05, 0) is 108 Å². The van der Waals surface area contributed by atoms with Crippen LogP contribution in [0.2, 0.25) is 0 Å². The molecule has 2 aromatic carbocycles. The highest BCUT2D eigenvalue weighted by Gasteiger charge is 2.34. The van der Waals surface area contributed by atoms with Crippen molar-refractivity contribution < 1.29 is 23.7 Å². The lowest BCUT2D eigenvalue weighted by molar-refractivity contribution is -0.139. The number of aromatic nitrogens is 1. The molecule has 1 aliphatic rings. The summed E-state index contributed by atoms with van der Waals surface area (Å²) in [5.74, 6) is 1.27. The fourth-order valence-electron chi connectivity index (χ4n) is 4.32. The molecule has 1 atom stereocenters. The van der Waals surface area contributed by atoms with Gasteiger partial charge in [0, 0.05) is 0 Å². The van der Waals surface area contributed by atoms with Crippen LogP contribution in [-0.4, -0.2) is 37.5 Å². The average molecular weight is 727 g/mol. The van der Waals surface area contributed by atoms with Gasteiger partial charge in [0.2, 0.25) is 0 Å². The van der Waals surface area contributed by atoms with E-state index in [1.54, 1.807) is 44.8 Å². The number of benzene rings is 2. The maximum Gasteiger partial charge on any atom is 0.338 e. The number of hydrogen-bond donors (Lipinski definition) is 0. The Bertz CT molecular complexity index is 1620. The molecule has 206 valence electrons. The van der Waals surface area contributed by atoms with E-state index in [1.165, 1.54) is 11.3 Å². The van der Waals surface area contributed by atoms with Gasteiger partial charge in [0.15, 0.2) is 16.3 Å². The van der Waals surface area contributed by atoms with Crippen molar-refractivity contribution in [3.63, 3.8) is 0 Å². The molecule has 0 bridgehead atoms. The van der Waals surface area contributed by atoms with Gasteiger partial charge in [0.25, 0.3) is 5.56 Å². The van der Waals surface area contributed by atoms with Gasteiger partial charge < -0.3 is 18.9 Å². The van der Waals surface area contributed by atoms with Gasteiger partial charge in [-0.3, -0.25) is 9.36 Å². The van der Waals surface area contributed by atoms with Crippen molar-refractivity contribution in [2.24, 2.45) is 4.99 Å². The average Bonchev–Trinajstić information content (AvgIpc) is 3.17. The summed E-state index contributed by atoms with van der Waals surface area (Å²) in [6.07, 6.45) is 1.76. The minimum Gasteiger partial charge on any atom is -0.494 e. The first-order valence-electron chi connectivity index (χ1n) is 12.2. The van der Waals surface area contributed by atoms with Crippen molar-refractivity contribution in [2.45, 2.75) is 39.8 Å². The summed E-state index contributed by atoms with van der Waals surface area (Å²) in [6, 6.07) is 8.49. The molecule has 0 aliphatic carbocycles. The lowest BCUT2D eigenvalue weighted by Crippen LogP contribution is -2.40. The highest BCUT2D eigenvalue weighted by molar-refractivity contribution is 14.1. The van der Waals surface area contributed by atoms with E-state index in [-0.39, 0.29) is 18.3 Å². The predicted molar refractivity (Wildman–Crippen MR) is 163 cm³/mol. The quantitative estimate of drug-likeness (QED) is 0.241. The molecule has 0 radical (unpaired) electrons. The van der Waals surface area contributed by atoms with Crippen molar-refractivity contribution in [1.29, 1.82) is 0 Å². The van der Waals surface area contributed by atoms with Crippen LogP contribution < -0.4 is 29.1 Å². The molecule has 4 rings (SSSR count). The molecule has 1 aromatic heterocycles. The Morgan fingerprint density at radius 1 is 1.21 bits per heavy atom. The zero-order chi connectivity index (χ0) is 28.4. The van der Waals surface area contributed by atoms with Gasteiger partial charge in [-0.25, -0.2) is 9.79 Å². The van der Waals surface area contributed by atoms with Crippen molar-refractivity contribution in [1.82, 2.24) is 4.57 Å². The number of fused-ring (bicyclic) bond motifs is 1. The molecule has 0 spiro atoms. The van der Waals surface area contributed by atoms with Gasteiger partial charge in [-0.2, -0.15) is 0 Å². The van der Waals surface area contributed by atoms with Crippen LogP contribution in [0.5, 0.6) is 17.2 Å². The first kappa shape index (κ1) is 29.3. The Kier molecular flexibility index (Phi) is 9.22. The Labute approximate surface area is 252 Å². The highest BCUT2D eigenvalue weighted by atomic mass is 127. The zero-order valence-electron chi connectivity index (χ0n) is 22.3. The van der Waals surface area contributed by atoms with E-state index in [2.05, 4.69) is 43.5 Å². The van der Waals surface area contributed by atoms with Crippen LogP contribution in [0.15, 0.2) is 55.9 Å². The summed E-state index contributed by atoms with van der Waals surface area (Å²) in [5.41, 5.74) is 2.04. The minimum atomic E-state index is -0.757. The maximum atomic E-state index is 13.9. The number of halogens is 2. The SMILES string of the molecule is CCOC(=O)C1=C(C)N=c2s/c(=C\c3cc(Br)c(OC)c(I)c3)c(=O)n2[C@@H]1c1ccc(OC(C)C)c(OC)c1. The summed E-state index contributed by atoms with van der Waals surface area (Å²) in [6.45, 7) is 7.56. The lowest BCUT2D eigenvalue weighted by Gasteiger charge is -2.25. The molecule has 0 saturated heterocycles. The second-order valence-electron chi connectivity index (χ2n) is 8.90. The normalized spacial score (nSPS) is 15.2. The Morgan fingerprint density at radius 3 is 2.56 bits per heavy atom. The maximum absolute atomic E-state index is 13.9. The molecule has 39 heavy (non-hydrogen) atoms. The largest absolute Gasteiger partial charge is 0.494 e. The molecule has 8 nitrogen and oxygen atoms in total. The summed E-state index contributed by atoms with van der Waals surface area (Å²) < 4.78 is 26.0. The van der Waals surface area contributed by atoms with Crippen LogP contribution in [0, 0.1) is 3.57 Å². The Balaban J connectivity index is 1.94. The number of esters is 1. The zero-order valence-corrected chi connectivity index (χ0v) is 26.9. The van der Waals surface area contributed by atoms with Crippen LogP contribution in [0.3, 0.4) is 0 Å². The first-order chi connectivity index (χ1) is 18.6. The number of carbonyl (C=O) groups excluding carboxylic acids is 1. The number of carbonyl (C=O) groups is 1. The molecule has 11 heteroatoms. The van der Waals surface area contributed by atoms with Crippen LogP contribution in [-0.2, 0) is 9.53 Å². The Morgan fingerprint density at radius 2 is 1.95 bits per heavy atom. The summed E-state index contributed by atoms with van der Waals surface area (Å²) in [5, 5.41) is 0. The second-order valence-corrected chi connectivity index (χ2v) is 11.9. The van der Waals surface area contributed by atoms with Gasteiger partial charge in [0.05, 0.1) is 56.8 Å². The van der Waals surface area contributed by atoms with Gasteiger partial charge in [-0.15, -0.1) is 0 Å². The van der Waals surface area contributed by atoms with Gasteiger partial charge in [0.1, 0.15) is 5.75 Å². The van der Waals surface area contributed by atoms with Gasteiger partial charge in [-0.1, -0.05) is 17.4 Å². The van der Waals surface area contributed by atoms with E-state index in [4.69, 9.17) is 18.9 Å². The van der Waals surface area contributed by atoms with E-state index in [1.807, 2.05) is 38.1 Å². The van der Waals surface area contributed by atoms with Crippen molar-refractivity contribution in [2.75, 3.05) is 20.8 Å². The number of ether oxygens (including phenoxy) is 4. The molecule has 0 fully saturated rings. The topological polar surface area (TPSA) is 88.4 Å². The number of thiazole rings is 1. The van der Waals surface area contributed by atoms with Crippen molar-refractivity contribution >= 4 is 61.9 Å². The lowest BCUT2D eigenvalue weighted by atomic mass is 9.95.